The zero-order valence-corrected chi connectivity index (χ0v) is 12.1. The summed E-state index contributed by atoms with van der Waals surface area (Å²) in [7, 11) is 1.77. The summed E-state index contributed by atoms with van der Waals surface area (Å²) < 4.78 is 19.7. The summed E-state index contributed by atoms with van der Waals surface area (Å²) in [5.41, 5.74) is 1.23. The van der Waals surface area contributed by atoms with E-state index in [0.29, 0.717) is 6.42 Å². The first-order valence-electron chi connectivity index (χ1n) is 6.50. The Hall–Kier alpha value is -2.77. The van der Waals surface area contributed by atoms with Gasteiger partial charge >= 0.3 is 11.7 Å². The maximum Gasteiger partial charge on any atom is 0.311 e. The Morgan fingerprint density at radius 3 is 2.82 bits per heavy atom. The third kappa shape index (κ3) is 3.66. The van der Waals surface area contributed by atoms with Gasteiger partial charge in [-0.2, -0.15) is 5.10 Å². The van der Waals surface area contributed by atoms with Crippen molar-refractivity contribution < 1.29 is 18.8 Å². The molecule has 22 heavy (non-hydrogen) atoms. The number of aromatic nitrogens is 2. The van der Waals surface area contributed by atoms with E-state index in [1.54, 1.807) is 17.9 Å². The highest BCUT2D eigenvalue weighted by Gasteiger charge is 2.19. The van der Waals surface area contributed by atoms with Gasteiger partial charge in [-0.15, -0.1) is 0 Å². The lowest BCUT2D eigenvalue weighted by Gasteiger charge is -2.05. The molecular weight excluding hydrogens is 293 g/mol. The summed E-state index contributed by atoms with van der Waals surface area (Å²) in [5, 5.41) is 15.0. The number of hydrogen-bond donors (Lipinski definition) is 0. The van der Waals surface area contributed by atoms with Crippen molar-refractivity contribution in [1.82, 2.24) is 9.78 Å². The monoisotopic (exact) mass is 307 g/mol. The van der Waals surface area contributed by atoms with Crippen molar-refractivity contribution in [2.24, 2.45) is 7.05 Å². The van der Waals surface area contributed by atoms with E-state index >= 15 is 0 Å². The highest BCUT2D eigenvalue weighted by molar-refractivity contribution is 5.74. The predicted octanol–water partition coefficient (Wildman–Crippen LogP) is 2.31. The fraction of sp³-hybridized carbons (Fsp3) is 0.286. The maximum absolute atomic E-state index is 13.1. The molecule has 0 radical (unpaired) electrons. The Bertz CT molecular complexity index is 727. The Balaban J connectivity index is 2.05. The van der Waals surface area contributed by atoms with Crippen LogP contribution in [-0.4, -0.2) is 20.7 Å². The lowest BCUT2D eigenvalue weighted by molar-refractivity contribution is -0.385. The minimum absolute atomic E-state index is 0.0141. The molecule has 0 unspecified atom stereocenters. The van der Waals surface area contributed by atoms with Crippen LogP contribution >= 0.6 is 0 Å². The molecule has 8 heteroatoms. The van der Waals surface area contributed by atoms with Crippen LogP contribution in [-0.2, 0) is 18.3 Å². The molecule has 0 aliphatic carbocycles. The number of esters is 1. The van der Waals surface area contributed by atoms with E-state index in [4.69, 9.17) is 4.74 Å². The van der Waals surface area contributed by atoms with Crippen molar-refractivity contribution in [2.75, 3.05) is 0 Å². The Morgan fingerprint density at radius 1 is 1.50 bits per heavy atom. The molecule has 2 rings (SSSR count). The molecule has 0 fully saturated rings. The fourth-order valence-corrected chi connectivity index (χ4v) is 2.03. The van der Waals surface area contributed by atoms with Crippen molar-refractivity contribution in [3.8, 4) is 5.75 Å². The van der Waals surface area contributed by atoms with Crippen LogP contribution < -0.4 is 4.74 Å². The van der Waals surface area contributed by atoms with Crippen LogP contribution in [0.4, 0.5) is 10.1 Å². The van der Waals surface area contributed by atoms with E-state index in [2.05, 4.69) is 5.10 Å². The van der Waals surface area contributed by atoms with E-state index in [1.807, 2.05) is 6.92 Å². The lowest BCUT2D eigenvalue weighted by atomic mass is 10.1. The number of ether oxygens (including phenoxy) is 1. The molecule has 0 aliphatic heterocycles. The molecule has 0 spiro atoms. The predicted molar refractivity (Wildman–Crippen MR) is 75.0 cm³/mol. The summed E-state index contributed by atoms with van der Waals surface area (Å²) in [4.78, 5) is 21.9. The van der Waals surface area contributed by atoms with Gasteiger partial charge in [0.15, 0.2) is 0 Å². The number of halogens is 1. The summed E-state index contributed by atoms with van der Waals surface area (Å²) in [6.07, 6.45) is 2.19. The van der Waals surface area contributed by atoms with E-state index in [9.17, 15) is 19.3 Å². The van der Waals surface area contributed by atoms with Gasteiger partial charge in [-0.1, -0.05) is 0 Å². The lowest BCUT2D eigenvalue weighted by Crippen LogP contribution is -2.10. The average molecular weight is 307 g/mol. The van der Waals surface area contributed by atoms with Gasteiger partial charge in [0.05, 0.1) is 17.0 Å². The van der Waals surface area contributed by atoms with E-state index in [1.165, 1.54) is 0 Å². The number of nitro benzene ring substituents is 1. The second kappa shape index (κ2) is 6.33. The number of hydrogen-bond acceptors (Lipinski definition) is 5. The maximum atomic E-state index is 13.1. The molecule has 1 heterocycles. The molecule has 7 nitrogen and oxygen atoms in total. The minimum Gasteiger partial charge on any atom is -0.419 e. The molecule has 1 aromatic heterocycles. The van der Waals surface area contributed by atoms with Gasteiger partial charge in [-0.05, 0) is 25.0 Å². The molecule has 0 N–H and O–H groups in total. The first-order chi connectivity index (χ1) is 10.4. The van der Waals surface area contributed by atoms with Crippen LogP contribution in [0, 0.1) is 22.9 Å². The summed E-state index contributed by atoms with van der Waals surface area (Å²) in [6.45, 7) is 1.82. The SMILES string of the molecule is Cc1nn(C)cc1CCC(=O)Oc1cc(F)ccc1[N+](=O)[O-]. The fourth-order valence-electron chi connectivity index (χ4n) is 2.03. The number of nitro groups is 1. The molecule has 0 aliphatic rings. The van der Waals surface area contributed by atoms with Gasteiger partial charge in [-0.25, -0.2) is 4.39 Å². The minimum atomic E-state index is -0.729. The Labute approximate surface area is 125 Å². The largest absolute Gasteiger partial charge is 0.419 e. The van der Waals surface area contributed by atoms with Gasteiger partial charge in [0.1, 0.15) is 5.82 Å². The quantitative estimate of drug-likeness (QED) is 0.366. The first kappa shape index (κ1) is 15.6. The zero-order chi connectivity index (χ0) is 16.3. The topological polar surface area (TPSA) is 87.3 Å². The first-order valence-corrected chi connectivity index (χ1v) is 6.50. The van der Waals surface area contributed by atoms with E-state index in [-0.39, 0.29) is 6.42 Å². The molecule has 0 saturated heterocycles. The smallest absolute Gasteiger partial charge is 0.311 e. The average Bonchev–Trinajstić information content (AvgIpc) is 2.74. The molecule has 0 amide bonds. The molecular formula is C14H14FN3O4. The second-order valence-corrected chi connectivity index (χ2v) is 4.76. The van der Waals surface area contributed by atoms with Crippen LogP contribution in [0.5, 0.6) is 5.75 Å². The standard InChI is InChI=1S/C14H14FN3O4/c1-9-10(8-17(2)16-9)3-6-14(19)22-13-7-11(15)4-5-12(13)18(20)21/h4-5,7-8H,3,6H2,1-2H3. The third-order valence-corrected chi connectivity index (χ3v) is 3.06. The van der Waals surface area contributed by atoms with Crippen LogP contribution in [0.2, 0.25) is 0 Å². The van der Waals surface area contributed by atoms with Crippen molar-refractivity contribution in [3.05, 3.63) is 51.6 Å². The second-order valence-electron chi connectivity index (χ2n) is 4.76. The summed E-state index contributed by atoms with van der Waals surface area (Å²) in [5.74, 6) is -1.77. The van der Waals surface area contributed by atoms with Gasteiger partial charge < -0.3 is 4.74 Å². The molecule has 2 aromatic rings. The number of carbonyl (C=O) groups is 1. The Kier molecular flexibility index (Phi) is 4.50. The summed E-state index contributed by atoms with van der Waals surface area (Å²) >= 11 is 0. The summed E-state index contributed by atoms with van der Waals surface area (Å²) in [6, 6.07) is 2.73. The van der Waals surface area contributed by atoms with Gasteiger partial charge in [0, 0.05) is 25.4 Å². The van der Waals surface area contributed by atoms with Crippen molar-refractivity contribution in [3.63, 3.8) is 0 Å². The Morgan fingerprint density at radius 2 is 2.23 bits per heavy atom. The van der Waals surface area contributed by atoms with Gasteiger partial charge in [0.25, 0.3) is 0 Å². The van der Waals surface area contributed by atoms with Crippen molar-refractivity contribution >= 4 is 11.7 Å². The normalized spacial score (nSPS) is 10.5. The number of carbonyl (C=O) groups excluding carboxylic acids is 1. The number of nitrogens with zero attached hydrogens (tertiary/aromatic N) is 3. The van der Waals surface area contributed by atoms with Crippen LogP contribution in [0.1, 0.15) is 17.7 Å². The van der Waals surface area contributed by atoms with Gasteiger partial charge in [-0.3, -0.25) is 19.6 Å². The number of rotatable bonds is 5. The molecule has 0 atom stereocenters. The third-order valence-electron chi connectivity index (χ3n) is 3.06. The molecule has 0 saturated carbocycles. The highest BCUT2D eigenvalue weighted by atomic mass is 19.1. The highest BCUT2D eigenvalue weighted by Crippen LogP contribution is 2.27. The molecule has 116 valence electrons. The number of benzene rings is 1. The number of aryl methyl sites for hydroxylation is 3. The van der Waals surface area contributed by atoms with E-state index in [0.717, 1.165) is 29.5 Å². The van der Waals surface area contributed by atoms with Crippen LogP contribution in [0.3, 0.4) is 0 Å². The van der Waals surface area contributed by atoms with Gasteiger partial charge in [0.2, 0.25) is 5.75 Å². The van der Waals surface area contributed by atoms with Crippen LogP contribution in [0.25, 0.3) is 0 Å². The van der Waals surface area contributed by atoms with Crippen molar-refractivity contribution in [1.29, 1.82) is 0 Å². The van der Waals surface area contributed by atoms with Crippen molar-refractivity contribution in [2.45, 2.75) is 19.8 Å². The van der Waals surface area contributed by atoms with Crippen LogP contribution in [0.15, 0.2) is 24.4 Å². The zero-order valence-electron chi connectivity index (χ0n) is 12.1. The molecule has 0 bridgehead atoms. The molecule has 1 aromatic carbocycles. The van der Waals surface area contributed by atoms with E-state index < -0.39 is 28.1 Å².